The molecule has 1 aliphatic heterocycles. The predicted molar refractivity (Wildman–Crippen MR) is 95.2 cm³/mol. The lowest BCUT2D eigenvalue weighted by Crippen LogP contribution is -2.16. The zero-order valence-electron chi connectivity index (χ0n) is 14.4. The molecule has 0 saturated carbocycles. The molecule has 0 amide bonds. The lowest BCUT2D eigenvalue weighted by Gasteiger charge is -2.14. The third-order valence-corrected chi connectivity index (χ3v) is 5.24. The van der Waals surface area contributed by atoms with Gasteiger partial charge in [0.15, 0.2) is 11.0 Å². The second-order valence-electron chi connectivity index (χ2n) is 6.28. The summed E-state index contributed by atoms with van der Waals surface area (Å²) in [6.07, 6.45) is 2.24. The standard InChI is InChI=1S/C18H19FN4O2S/c1-12-9-16(25-22-12)11-26-18-21-20-17(13-4-6-14(19)7-5-13)23(18)10-15-3-2-8-24-15/h4-7,9,15H,2-3,8,10-11H2,1H3. The first-order chi connectivity index (χ1) is 12.7. The van der Waals surface area contributed by atoms with Gasteiger partial charge in [-0.3, -0.25) is 4.57 Å². The zero-order chi connectivity index (χ0) is 17.9. The predicted octanol–water partition coefficient (Wildman–Crippen LogP) is 3.85. The molecule has 136 valence electrons. The molecule has 2 aromatic heterocycles. The monoisotopic (exact) mass is 374 g/mol. The van der Waals surface area contributed by atoms with E-state index in [-0.39, 0.29) is 11.9 Å². The van der Waals surface area contributed by atoms with Crippen molar-refractivity contribution in [3.63, 3.8) is 0 Å². The molecule has 0 spiro atoms. The van der Waals surface area contributed by atoms with E-state index in [9.17, 15) is 4.39 Å². The van der Waals surface area contributed by atoms with Gasteiger partial charge in [0, 0.05) is 18.2 Å². The van der Waals surface area contributed by atoms with Crippen molar-refractivity contribution in [1.82, 2.24) is 19.9 Å². The number of hydrogen-bond acceptors (Lipinski definition) is 6. The summed E-state index contributed by atoms with van der Waals surface area (Å²) < 4.78 is 26.4. The molecule has 1 saturated heterocycles. The summed E-state index contributed by atoms with van der Waals surface area (Å²) in [6.45, 7) is 3.36. The molecule has 3 heterocycles. The van der Waals surface area contributed by atoms with Gasteiger partial charge in [0.25, 0.3) is 0 Å². The van der Waals surface area contributed by atoms with E-state index in [1.807, 2.05) is 13.0 Å². The average molecular weight is 374 g/mol. The molecule has 1 unspecified atom stereocenters. The van der Waals surface area contributed by atoms with E-state index in [2.05, 4.69) is 19.9 Å². The number of thioether (sulfide) groups is 1. The Balaban J connectivity index is 1.60. The summed E-state index contributed by atoms with van der Waals surface area (Å²) in [7, 11) is 0. The maximum atomic E-state index is 13.3. The summed E-state index contributed by atoms with van der Waals surface area (Å²) in [5.74, 6) is 1.86. The number of halogens is 1. The van der Waals surface area contributed by atoms with Crippen molar-refractivity contribution in [1.29, 1.82) is 0 Å². The Morgan fingerprint density at radius 1 is 1.27 bits per heavy atom. The van der Waals surface area contributed by atoms with Gasteiger partial charge in [-0.2, -0.15) is 0 Å². The Hall–Kier alpha value is -2.19. The molecular weight excluding hydrogens is 355 g/mol. The Morgan fingerprint density at radius 3 is 2.81 bits per heavy atom. The molecule has 1 aromatic carbocycles. The molecule has 1 aliphatic rings. The third kappa shape index (κ3) is 3.81. The van der Waals surface area contributed by atoms with Crippen LogP contribution in [-0.4, -0.2) is 32.6 Å². The van der Waals surface area contributed by atoms with Crippen LogP contribution >= 0.6 is 11.8 Å². The number of aryl methyl sites for hydroxylation is 1. The maximum absolute atomic E-state index is 13.3. The number of nitrogens with zero attached hydrogens (tertiary/aromatic N) is 4. The highest BCUT2D eigenvalue weighted by molar-refractivity contribution is 7.98. The first kappa shape index (κ1) is 17.2. The highest BCUT2D eigenvalue weighted by Crippen LogP contribution is 2.28. The minimum atomic E-state index is -0.269. The van der Waals surface area contributed by atoms with Crippen LogP contribution in [-0.2, 0) is 17.0 Å². The van der Waals surface area contributed by atoms with Crippen molar-refractivity contribution in [2.24, 2.45) is 0 Å². The normalized spacial score (nSPS) is 17.1. The van der Waals surface area contributed by atoms with Crippen LogP contribution in [0.2, 0.25) is 0 Å². The van der Waals surface area contributed by atoms with Gasteiger partial charge >= 0.3 is 0 Å². The van der Waals surface area contributed by atoms with Gasteiger partial charge in [-0.05, 0) is 44.0 Å². The molecule has 26 heavy (non-hydrogen) atoms. The summed E-state index contributed by atoms with van der Waals surface area (Å²) in [6, 6.07) is 8.23. The van der Waals surface area contributed by atoms with Crippen LogP contribution in [0.1, 0.15) is 24.3 Å². The quantitative estimate of drug-likeness (QED) is 0.611. The fourth-order valence-electron chi connectivity index (χ4n) is 2.98. The van der Waals surface area contributed by atoms with Gasteiger partial charge in [0.1, 0.15) is 11.6 Å². The van der Waals surface area contributed by atoms with E-state index < -0.39 is 0 Å². The van der Waals surface area contributed by atoms with Crippen LogP contribution in [0.3, 0.4) is 0 Å². The topological polar surface area (TPSA) is 66.0 Å². The van der Waals surface area contributed by atoms with Crippen molar-refractivity contribution >= 4 is 11.8 Å². The third-order valence-electron chi connectivity index (χ3n) is 4.25. The smallest absolute Gasteiger partial charge is 0.192 e. The van der Waals surface area contributed by atoms with Crippen LogP contribution in [0.15, 0.2) is 40.0 Å². The Labute approximate surface area is 154 Å². The van der Waals surface area contributed by atoms with Gasteiger partial charge in [-0.15, -0.1) is 10.2 Å². The van der Waals surface area contributed by atoms with Crippen LogP contribution in [0.4, 0.5) is 4.39 Å². The zero-order valence-corrected chi connectivity index (χ0v) is 15.2. The molecule has 0 N–H and O–H groups in total. The molecule has 8 heteroatoms. The van der Waals surface area contributed by atoms with E-state index in [0.29, 0.717) is 12.3 Å². The molecule has 1 fully saturated rings. The second kappa shape index (κ2) is 7.59. The Kier molecular flexibility index (Phi) is 5.03. The molecule has 0 aliphatic carbocycles. The van der Waals surface area contributed by atoms with Crippen molar-refractivity contribution in [3.05, 3.63) is 47.6 Å². The Morgan fingerprint density at radius 2 is 2.12 bits per heavy atom. The first-order valence-corrected chi connectivity index (χ1v) is 9.53. The van der Waals surface area contributed by atoms with Gasteiger partial charge in [0.2, 0.25) is 0 Å². The fraction of sp³-hybridized carbons (Fsp3) is 0.389. The molecule has 3 aromatic rings. The molecule has 0 radical (unpaired) electrons. The van der Waals surface area contributed by atoms with E-state index in [1.54, 1.807) is 23.9 Å². The summed E-state index contributed by atoms with van der Waals surface area (Å²) >= 11 is 1.54. The van der Waals surface area contributed by atoms with Gasteiger partial charge in [0.05, 0.1) is 24.1 Å². The van der Waals surface area contributed by atoms with Crippen molar-refractivity contribution in [2.75, 3.05) is 6.61 Å². The highest BCUT2D eigenvalue weighted by Gasteiger charge is 2.22. The summed E-state index contributed by atoms with van der Waals surface area (Å²) in [5.41, 5.74) is 1.69. The van der Waals surface area contributed by atoms with Crippen molar-refractivity contribution in [2.45, 2.75) is 43.3 Å². The Bertz CT molecular complexity index is 872. The number of benzene rings is 1. The first-order valence-electron chi connectivity index (χ1n) is 8.55. The summed E-state index contributed by atoms with van der Waals surface area (Å²) in [4.78, 5) is 0. The largest absolute Gasteiger partial charge is 0.376 e. The van der Waals surface area contributed by atoms with Gasteiger partial charge in [-0.1, -0.05) is 16.9 Å². The van der Waals surface area contributed by atoms with E-state index >= 15 is 0 Å². The van der Waals surface area contributed by atoms with Crippen LogP contribution in [0, 0.1) is 12.7 Å². The van der Waals surface area contributed by atoms with Crippen LogP contribution in [0.25, 0.3) is 11.4 Å². The number of hydrogen-bond donors (Lipinski definition) is 0. The minimum Gasteiger partial charge on any atom is -0.376 e. The van der Waals surface area contributed by atoms with E-state index in [4.69, 9.17) is 9.26 Å². The number of rotatable bonds is 6. The van der Waals surface area contributed by atoms with E-state index in [1.165, 1.54) is 12.1 Å². The highest BCUT2D eigenvalue weighted by atomic mass is 32.2. The summed E-state index contributed by atoms with van der Waals surface area (Å²) in [5, 5.41) is 13.4. The molecule has 4 rings (SSSR count). The number of aromatic nitrogens is 4. The van der Waals surface area contributed by atoms with Gasteiger partial charge < -0.3 is 9.26 Å². The van der Waals surface area contributed by atoms with Gasteiger partial charge in [-0.25, -0.2) is 4.39 Å². The molecule has 6 nitrogen and oxygen atoms in total. The number of ether oxygens (including phenoxy) is 1. The van der Waals surface area contributed by atoms with Crippen LogP contribution in [0.5, 0.6) is 0 Å². The lowest BCUT2D eigenvalue weighted by atomic mass is 10.2. The van der Waals surface area contributed by atoms with Crippen molar-refractivity contribution in [3.8, 4) is 11.4 Å². The molecule has 0 bridgehead atoms. The van der Waals surface area contributed by atoms with Crippen LogP contribution < -0.4 is 0 Å². The van der Waals surface area contributed by atoms with E-state index in [0.717, 1.165) is 47.4 Å². The fourth-order valence-corrected chi connectivity index (χ4v) is 3.81. The SMILES string of the molecule is Cc1cc(CSc2nnc(-c3ccc(F)cc3)n2CC2CCCO2)on1. The minimum absolute atomic E-state index is 0.150. The van der Waals surface area contributed by atoms with Crippen molar-refractivity contribution < 1.29 is 13.7 Å². The lowest BCUT2D eigenvalue weighted by molar-refractivity contribution is 0.0953. The molecule has 1 atom stereocenters. The maximum Gasteiger partial charge on any atom is 0.192 e. The second-order valence-corrected chi connectivity index (χ2v) is 7.22. The average Bonchev–Trinajstić information content (AvgIpc) is 3.37. The molecular formula is C18H19FN4O2S.